The van der Waals surface area contributed by atoms with Gasteiger partial charge in [0.05, 0.1) is 0 Å². The van der Waals surface area contributed by atoms with Crippen molar-refractivity contribution in [2.45, 2.75) is 24.1 Å². The highest BCUT2D eigenvalue weighted by molar-refractivity contribution is 8.00. The minimum Gasteiger partial charge on any atom is -0.325 e. The number of fused-ring (bicyclic) bond motifs is 1. The Bertz CT molecular complexity index is 1130. The minimum atomic E-state index is -0.417. The van der Waals surface area contributed by atoms with Crippen molar-refractivity contribution in [3.8, 4) is 0 Å². The maximum absolute atomic E-state index is 13.3. The SMILES string of the molecule is Cc1ccc(C)c(NC(=O)C(Sc2ncnc3sccc23)c2ccccc2)c1. The van der Waals surface area contributed by atoms with Gasteiger partial charge in [-0.1, -0.05) is 54.2 Å². The van der Waals surface area contributed by atoms with Crippen molar-refractivity contribution >= 4 is 44.9 Å². The van der Waals surface area contributed by atoms with Gasteiger partial charge >= 0.3 is 0 Å². The van der Waals surface area contributed by atoms with E-state index in [4.69, 9.17) is 0 Å². The summed E-state index contributed by atoms with van der Waals surface area (Å²) in [4.78, 5) is 23.0. The Labute approximate surface area is 172 Å². The lowest BCUT2D eigenvalue weighted by atomic mass is 10.1. The molecule has 4 rings (SSSR count). The van der Waals surface area contributed by atoms with Gasteiger partial charge in [-0.3, -0.25) is 4.79 Å². The number of thioether (sulfide) groups is 1. The number of anilines is 1. The monoisotopic (exact) mass is 405 g/mol. The fraction of sp³-hybridized carbons (Fsp3) is 0.136. The number of aryl methyl sites for hydroxylation is 2. The predicted octanol–water partition coefficient (Wildman–Crippen LogP) is 5.78. The van der Waals surface area contributed by atoms with E-state index in [2.05, 4.69) is 15.3 Å². The van der Waals surface area contributed by atoms with Crippen LogP contribution in [0.15, 0.2) is 71.3 Å². The molecule has 2 aromatic carbocycles. The molecule has 0 radical (unpaired) electrons. The molecule has 6 heteroatoms. The van der Waals surface area contributed by atoms with E-state index in [9.17, 15) is 4.79 Å². The largest absolute Gasteiger partial charge is 0.325 e. The van der Waals surface area contributed by atoms with E-state index in [1.54, 1.807) is 17.7 Å². The number of rotatable bonds is 5. The molecule has 1 unspecified atom stereocenters. The molecule has 28 heavy (non-hydrogen) atoms. The highest BCUT2D eigenvalue weighted by Crippen LogP contribution is 2.39. The summed E-state index contributed by atoms with van der Waals surface area (Å²) in [5, 5.41) is 6.49. The topological polar surface area (TPSA) is 54.9 Å². The number of amides is 1. The van der Waals surface area contributed by atoms with Crippen molar-refractivity contribution in [2.75, 3.05) is 5.32 Å². The van der Waals surface area contributed by atoms with Crippen LogP contribution >= 0.6 is 23.1 Å². The highest BCUT2D eigenvalue weighted by atomic mass is 32.2. The summed E-state index contributed by atoms with van der Waals surface area (Å²) in [6, 6.07) is 17.9. The first-order valence-electron chi connectivity index (χ1n) is 8.90. The van der Waals surface area contributed by atoms with Crippen molar-refractivity contribution < 1.29 is 4.79 Å². The summed E-state index contributed by atoms with van der Waals surface area (Å²) in [6.07, 6.45) is 1.56. The summed E-state index contributed by atoms with van der Waals surface area (Å²) in [6.45, 7) is 4.02. The molecule has 4 nitrogen and oxygen atoms in total. The molecule has 1 amide bonds. The van der Waals surface area contributed by atoms with Gasteiger partial charge in [-0.15, -0.1) is 11.3 Å². The zero-order valence-electron chi connectivity index (χ0n) is 15.5. The standard InChI is InChI=1S/C22H19N3OS2/c1-14-8-9-15(2)18(12-14)25-20(26)19(16-6-4-3-5-7-16)28-22-17-10-11-27-21(17)23-13-24-22/h3-13,19H,1-2H3,(H,25,26). The van der Waals surface area contributed by atoms with Crippen LogP contribution in [0.3, 0.4) is 0 Å². The number of aromatic nitrogens is 2. The van der Waals surface area contributed by atoms with Crippen LogP contribution in [0.1, 0.15) is 21.9 Å². The van der Waals surface area contributed by atoms with Gasteiger partial charge in [0.2, 0.25) is 5.91 Å². The molecule has 0 fully saturated rings. The Kier molecular flexibility index (Phi) is 5.41. The Hall–Kier alpha value is -2.70. The quantitative estimate of drug-likeness (QED) is 0.338. The van der Waals surface area contributed by atoms with Crippen LogP contribution < -0.4 is 5.32 Å². The Balaban J connectivity index is 1.69. The lowest BCUT2D eigenvalue weighted by Gasteiger charge is -2.18. The Morgan fingerprint density at radius 3 is 2.71 bits per heavy atom. The van der Waals surface area contributed by atoms with Crippen molar-refractivity contribution in [1.29, 1.82) is 0 Å². The average Bonchev–Trinajstić information content (AvgIpc) is 3.19. The van der Waals surface area contributed by atoms with E-state index in [1.807, 2.05) is 73.8 Å². The number of hydrogen-bond acceptors (Lipinski definition) is 5. The highest BCUT2D eigenvalue weighted by Gasteiger charge is 2.24. The van der Waals surface area contributed by atoms with Crippen LogP contribution in [-0.2, 0) is 4.79 Å². The first kappa shape index (κ1) is 18.7. The van der Waals surface area contributed by atoms with E-state index in [1.165, 1.54) is 11.8 Å². The summed E-state index contributed by atoms with van der Waals surface area (Å²) < 4.78 is 0. The summed E-state index contributed by atoms with van der Waals surface area (Å²) >= 11 is 3.03. The number of nitrogens with zero attached hydrogens (tertiary/aromatic N) is 2. The molecular weight excluding hydrogens is 386 g/mol. The van der Waals surface area contributed by atoms with Crippen LogP contribution in [0.5, 0.6) is 0 Å². The predicted molar refractivity (Wildman–Crippen MR) is 117 cm³/mol. The van der Waals surface area contributed by atoms with Gasteiger partial charge in [-0.05, 0) is 48.1 Å². The van der Waals surface area contributed by atoms with Crippen LogP contribution in [0.4, 0.5) is 5.69 Å². The van der Waals surface area contributed by atoms with E-state index >= 15 is 0 Å². The van der Waals surface area contributed by atoms with Gasteiger partial charge in [-0.25, -0.2) is 9.97 Å². The number of benzene rings is 2. The number of hydrogen-bond donors (Lipinski definition) is 1. The third kappa shape index (κ3) is 3.93. The number of nitrogens with one attached hydrogen (secondary N) is 1. The second-order valence-corrected chi connectivity index (χ2v) is 8.52. The average molecular weight is 406 g/mol. The van der Waals surface area contributed by atoms with Gasteiger partial charge in [-0.2, -0.15) is 0 Å². The van der Waals surface area contributed by atoms with Crippen LogP contribution in [-0.4, -0.2) is 15.9 Å². The van der Waals surface area contributed by atoms with Gasteiger partial charge in [0.15, 0.2) is 0 Å². The molecule has 1 N–H and O–H groups in total. The van der Waals surface area contributed by atoms with Crippen LogP contribution in [0.25, 0.3) is 10.2 Å². The summed E-state index contributed by atoms with van der Waals surface area (Å²) in [5.74, 6) is -0.0631. The molecule has 2 heterocycles. The fourth-order valence-electron chi connectivity index (χ4n) is 2.94. The maximum atomic E-state index is 13.3. The lowest BCUT2D eigenvalue weighted by Crippen LogP contribution is -2.19. The molecule has 0 aliphatic carbocycles. The van der Waals surface area contributed by atoms with Crippen molar-refractivity contribution in [2.24, 2.45) is 0 Å². The summed E-state index contributed by atoms with van der Waals surface area (Å²) in [7, 11) is 0. The molecule has 2 aromatic heterocycles. The van der Waals surface area contributed by atoms with Gasteiger partial charge in [0.25, 0.3) is 0 Å². The first-order valence-corrected chi connectivity index (χ1v) is 10.7. The molecule has 0 aliphatic heterocycles. The molecule has 0 bridgehead atoms. The second kappa shape index (κ2) is 8.12. The molecule has 140 valence electrons. The van der Waals surface area contributed by atoms with Gasteiger partial charge < -0.3 is 5.32 Å². The normalized spacial score (nSPS) is 12.1. The molecule has 0 spiro atoms. The second-order valence-electron chi connectivity index (χ2n) is 6.53. The molecule has 1 atom stereocenters. The first-order chi connectivity index (χ1) is 13.6. The molecule has 0 saturated carbocycles. The Morgan fingerprint density at radius 2 is 1.89 bits per heavy atom. The van der Waals surface area contributed by atoms with E-state index in [-0.39, 0.29) is 5.91 Å². The third-order valence-electron chi connectivity index (χ3n) is 4.45. The van der Waals surface area contributed by atoms with Gasteiger partial charge in [0, 0.05) is 11.1 Å². The molecule has 4 aromatic rings. The van der Waals surface area contributed by atoms with Crippen LogP contribution in [0.2, 0.25) is 0 Å². The third-order valence-corrected chi connectivity index (χ3v) is 6.54. The van der Waals surface area contributed by atoms with E-state index in [0.717, 1.165) is 37.6 Å². The zero-order valence-corrected chi connectivity index (χ0v) is 17.2. The van der Waals surface area contributed by atoms with Gasteiger partial charge in [0.1, 0.15) is 21.4 Å². The smallest absolute Gasteiger partial charge is 0.242 e. The van der Waals surface area contributed by atoms with Crippen molar-refractivity contribution in [3.05, 3.63) is 83.0 Å². The number of thiophene rings is 1. The summed E-state index contributed by atoms with van der Waals surface area (Å²) in [5.41, 5.74) is 3.94. The van der Waals surface area contributed by atoms with E-state index < -0.39 is 5.25 Å². The molecule has 0 saturated heterocycles. The maximum Gasteiger partial charge on any atom is 0.242 e. The molecular formula is C22H19N3OS2. The van der Waals surface area contributed by atoms with Crippen molar-refractivity contribution in [1.82, 2.24) is 9.97 Å². The zero-order chi connectivity index (χ0) is 19.5. The fourth-order valence-corrected chi connectivity index (χ4v) is 4.82. The molecule has 0 aliphatic rings. The Morgan fingerprint density at radius 1 is 1.07 bits per heavy atom. The number of carbonyl (C=O) groups is 1. The van der Waals surface area contributed by atoms with Crippen LogP contribution in [0, 0.1) is 13.8 Å². The minimum absolute atomic E-state index is 0.0631. The lowest BCUT2D eigenvalue weighted by molar-refractivity contribution is -0.115. The van der Waals surface area contributed by atoms with E-state index in [0.29, 0.717) is 0 Å². The van der Waals surface area contributed by atoms with Crippen molar-refractivity contribution in [3.63, 3.8) is 0 Å². The number of carbonyl (C=O) groups excluding carboxylic acids is 1.